The van der Waals surface area contributed by atoms with Gasteiger partial charge < -0.3 is 9.47 Å². The van der Waals surface area contributed by atoms with Crippen molar-refractivity contribution >= 4 is 34.4 Å². The van der Waals surface area contributed by atoms with E-state index in [-0.39, 0.29) is 18.2 Å². The number of unbranched alkanes of at least 4 members (excludes halogenated alkanes) is 1. The second kappa shape index (κ2) is 13.4. The van der Waals surface area contributed by atoms with Gasteiger partial charge in [-0.15, -0.1) is 0 Å². The summed E-state index contributed by atoms with van der Waals surface area (Å²) in [6.07, 6.45) is 7.81. The Morgan fingerprint density at radius 1 is 1.05 bits per heavy atom. The number of esters is 1. The number of benzene rings is 1. The second-order valence-electron chi connectivity index (χ2n) is 12.2. The molecule has 0 atom stereocenters. The zero-order chi connectivity index (χ0) is 28.9. The number of carbonyl (C=O) groups excluding carboxylic acids is 1. The van der Waals surface area contributed by atoms with Crippen LogP contribution in [0.2, 0.25) is 5.02 Å². The summed E-state index contributed by atoms with van der Waals surface area (Å²) in [5.41, 5.74) is 10.2. The van der Waals surface area contributed by atoms with Crippen molar-refractivity contribution in [2.45, 2.75) is 107 Å². The fourth-order valence-corrected chi connectivity index (χ4v) is 6.07. The third-order valence-corrected chi connectivity index (χ3v) is 8.58. The van der Waals surface area contributed by atoms with Crippen molar-refractivity contribution in [1.29, 1.82) is 0 Å². The molecule has 39 heavy (non-hydrogen) atoms. The molecule has 1 aromatic carbocycles. The number of allylic oxidation sites excluding steroid dienone is 4. The Labute approximate surface area is 241 Å². The molecular formula is C34H49ClNO3+. The average molecular weight is 555 g/mol. The van der Waals surface area contributed by atoms with Crippen molar-refractivity contribution in [1.82, 2.24) is 0 Å². The van der Waals surface area contributed by atoms with Crippen molar-refractivity contribution in [2.75, 3.05) is 20.4 Å². The molecule has 1 aliphatic heterocycles. The SMILES string of the molecule is CCCC/C(=C(/CC)C(=O)OCOC(=C1CCC1)C(C)(C)C)c1ccc(Cl)c(C2=C(C)CC[N+](C)=C2C)c1C. The largest absolute Gasteiger partial charge is 0.461 e. The maximum absolute atomic E-state index is 13.5. The molecule has 1 saturated carbocycles. The first kappa shape index (κ1) is 31.2. The van der Waals surface area contributed by atoms with Crippen molar-refractivity contribution in [3.63, 3.8) is 0 Å². The maximum Gasteiger partial charge on any atom is 0.337 e. The Morgan fingerprint density at radius 3 is 2.31 bits per heavy atom. The van der Waals surface area contributed by atoms with Gasteiger partial charge in [0.15, 0.2) is 5.71 Å². The van der Waals surface area contributed by atoms with E-state index in [0.717, 1.165) is 83.7 Å². The molecule has 1 aromatic rings. The molecular weight excluding hydrogens is 506 g/mol. The van der Waals surface area contributed by atoms with Gasteiger partial charge in [0, 0.05) is 40.5 Å². The summed E-state index contributed by atoms with van der Waals surface area (Å²) in [5.74, 6) is 0.683. The third-order valence-electron chi connectivity index (χ3n) is 8.27. The summed E-state index contributed by atoms with van der Waals surface area (Å²) in [7, 11) is 2.14. The highest BCUT2D eigenvalue weighted by Gasteiger charge is 2.29. The lowest BCUT2D eigenvalue weighted by Gasteiger charge is -2.30. The molecule has 0 saturated heterocycles. The van der Waals surface area contributed by atoms with Gasteiger partial charge in [0.2, 0.25) is 6.79 Å². The van der Waals surface area contributed by atoms with Crippen LogP contribution in [0.4, 0.5) is 0 Å². The van der Waals surface area contributed by atoms with Crippen LogP contribution in [0.25, 0.3) is 11.1 Å². The predicted octanol–water partition coefficient (Wildman–Crippen LogP) is 9.28. The molecule has 0 bridgehead atoms. The topological polar surface area (TPSA) is 38.5 Å². The summed E-state index contributed by atoms with van der Waals surface area (Å²) < 4.78 is 14.2. The van der Waals surface area contributed by atoms with Crippen molar-refractivity contribution in [2.24, 2.45) is 5.41 Å². The van der Waals surface area contributed by atoms with E-state index < -0.39 is 0 Å². The van der Waals surface area contributed by atoms with Crippen LogP contribution in [0.3, 0.4) is 0 Å². The molecule has 0 spiro atoms. The Kier molecular flexibility index (Phi) is 10.7. The van der Waals surface area contributed by atoms with Gasteiger partial charge >= 0.3 is 5.97 Å². The van der Waals surface area contributed by atoms with Gasteiger partial charge in [0.05, 0.1) is 0 Å². The molecule has 0 amide bonds. The summed E-state index contributed by atoms with van der Waals surface area (Å²) in [6, 6.07) is 4.08. The van der Waals surface area contributed by atoms with E-state index in [4.69, 9.17) is 21.1 Å². The molecule has 1 heterocycles. The van der Waals surface area contributed by atoms with E-state index >= 15 is 0 Å². The molecule has 0 aromatic heterocycles. The Hall–Kier alpha value is -2.33. The van der Waals surface area contributed by atoms with Gasteiger partial charge in [0.1, 0.15) is 19.4 Å². The number of halogens is 1. The molecule has 214 valence electrons. The number of rotatable bonds is 10. The predicted molar refractivity (Wildman–Crippen MR) is 164 cm³/mol. The van der Waals surface area contributed by atoms with Crippen LogP contribution in [0, 0.1) is 12.3 Å². The number of nitrogens with zero attached hydrogens (tertiary/aromatic N) is 1. The highest BCUT2D eigenvalue weighted by Crippen LogP contribution is 2.40. The van der Waals surface area contributed by atoms with Crippen LogP contribution in [-0.2, 0) is 14.3 Å². The summed E-state index contributed by atoms with van der Waals surface area (Å²) in [5, 5.41) is 0.753. The number of ether oxygens (including phenoxy) is 2. The molecule has 0 N–H and O–H groups in total. The zero-order valence-electron chi connectivity index (χ0n) is 25.8. The third kappa shape index (κ3) is 7.06. The number of hydrogen-bond donors (Lipinski definition) is 0. The second-order valence-corrected chi connectivity index (χ2v) is 12.6. The van der Waals surface area contributed by atoms with E-state index in [2.05, 4.69) is 66.2 Å². The van der Waals surface area contributed by atoms with E-state index in [9.17, 15) is 4.79 Å². The first-order valence-corrected chi connectivity index (χ1v) is 15.1. The summed E-state index contributed by atoms with van der Waals surface area (Å²) >= 11 is 6.88. The molecule has 1 fully saturated rings. The van der Waals surface area contributed by atoms with Crippen LogP contribution in [0.15, 0.2) is 34.6 Å². The molecule has 2 aliphatic rings. The van der Waals surface area contributed by atoms with Crippen LogP contribution in [0.1, 0.15) is 117 Å². The molecule has 5 heteroatoms. The van der Waals surface area contributed by atoms with Crippen molar-refractivity contribution in [3.05, 3.63) is 56.3 Å². The Morgan fingerprint density at radius 2 is 1.74 bits per heavy atom. The quantitative estimate of drug-likeness (QED) is 0.0950. The van der Waals surface area contributed by atoms with E-state index in [0.29, 0.717) is 6.42 Å². The molecule has 1 aliphatic carbocycles. The monoisotopic (exact) mass is 554 g/mol. The first-order valence-electron chi connectivity index (χ1n) is 14.7. The standard InChI is InChI=1S/C34H49ClNO3/c1-10-12-16-28(26(11-2)33(37)39-21-38-32(34(6,7)8)25-14-13-15-25)27-17-18-29(35)31(23(27)4)30-22(3)19-20-36(9)24(30)5/h17-18H,10-16,19-21H2,1-9H3/q+1/b28-26+. The average Bonchev–Trinajstić information content (AvgIpc) is 2.84. The molecule has 0 radical (unpaired) electrons. The van der Waals surface area contributed by atoms with Crippen LogP contribution < -0.4 is 0 Å². The summed E-state index contributed by atoms with van der Waals surface area (Å²) in [4.78, 5) is 13.5. The van der Waals surface area contributed by atoms with Crippen molar-refractivity contribution in [3.8, 4) is 0 Å². The zero-order valence-corrected chi connectivity index (χ0v) is 26.5. The molecule has 0 unspecified atom stereocenters. The van der Waals surface area contributed by atoms with E-state index in [1.165, 1.54) is 28.9 Å². The number of hydrogen-bond acceptors (Lipinski definition) is 3. The molecule has 3 rings (SSSR count). The first-order chi connectivity index (χ1) is 18.4. The highest BCUT2D eigenvalue weighted by atomic mass is 35.5. The van der Waals surface area contributed by atoms with Crippen LogP contribution in [-0.4, -0.2) is 36.6 Å². The van der Waals surface area contributed by atoms with Crippen LogP contribution in [0.5, 0.6) is 0 Å². The Bertz CT molecular complexity index is 1220. The minimum absolute atomic E-state index is 0.0586. The highest BCUT2D eigenvalue weighted by molar-refractivity contribution is 6.35. The van der Waals surface area contributed by atoms with Gasteiger partial charge in [-0.05, 0) is 80.7 Å². The van der Waals surface area contributed by atoms with E-state index in [1.54, 1.807) is 0 Å². The maximum atomic E-state index is 13.5. The Balaban J connectivity index is 2.01. The minimum atomic E-state index is -0.290. The van der Waals surface area contributed by atoms with Gasteiger partial charge in [-0.1, -0.05) is 64.3 Å². The normalized spacial score (nSPS) is 16.7. The fraction of sp³-hybridized carbons (Fsp3) is 0.588. The summed E-state index contributed by atoms with van der Waals surface area (Å²) in [6.45, 7) is 18.2. The van der Waals surface area contributed by atoms with Crippen molar-refractivity contribution < 1.29 is 18.8 Å². The van der Waals surface area contributed by atoms with Gasteiger partial charge in [0.25, 0.3) is 0 Å². The van der Waals surface area contributed by atoms with Gasteiger partial charge in [-0.25, -0.2) is 9.37 Å². The minimum Gasteiger partial charge on any atom is -0.461 e. The smallest absolute Gasteiger partial charge is 0.337 e. The lowest BCUT2D eigenvalue weighted by molar-refractivity contribution is -0.497. The lowest BCUT2D eigenvalue weighted by Crippen LogP contribution is -2.23. The molecule has 4 nitrogen and oxygen atoms in total. The van der Waals surface area contributed by atoms with Gasteiger partial charge in [-0.2, -0.15) is 0 Å². The van der Waals surface area contributed by atoms with Crippen LogP contribution >= 0.6 is 11.6 Å². The van der Waals surface area contributed by atoms with Gasteiger partial charge in [-0.3, -0.25) is 0 Å². The fourth-order valence-electron chi connectivity index (χ4n) is 5.78. The lowest BCUT2D eigenvalue weighted by atomic mass is 9.82. The number of carbonyl (C=O) groups is 1. The van der Waals surface area contributed by atoms with E-state index in [1.807, 2.05) is 13.0 Å².